The topological polar surface area (TPSA) is 47.6 Å². The van der Waals surface area contributed by atoms with E-state index in [-0.39, 0.29) is 5.91 Å². The summed E-state index contributed by atoms with van der Waals surface area (Å²) in [6.45, 7) is 10.5. The highest BCUT2D eigenvalue weighted by molar-refractivity contribution is 6.64. The highest BCUT2D eigenvalue weighted by Crippen LogP contribution is 2.37. The summed E-state index contributed by atoms with van der Waals surface area (Å²) in [7, 11) is -0.558. The molecule has 2 aromatic rings. The van der Waals surface area contributed by atoms with Gasteiger partial charge in [0, 0.05) is 12.1 Å². The summed E-state index contributed by atoms with van der Waals surface area (Å²) in [5.41, 5.74) is 0.497. The van der Waals surface area contributed by atoms with Gasteiger partial charge in [-0.25, -0.2) is 0 Å². The maximum absolute atomic E-state index is 12.6. The van der Waals surface area contributed by atoms with Gasteiger partial charge in [0.2, 0.25) is 0 Å². The molecule has 1 amide bonds. The van der Waals surface area contributed by atoms with Crippen LogP contribution in [0.1, 0.15) is 45.0 Å². The van der Waals surface area contributed by atoms with E-state index in [0.29, 0.717) is 12.1 Å². The summed E-state index contributed by atoms with van der Waals surface area (Å²) >= 11 is 0. The molecular weight excluding hydrogens is 301 g/mol. The van der Waals surface area contributed by atoms with Gasteiger partial charge in [0.15, 0.2) is 0 Å². The van der Waals surface area contributed by atoms with Crippen LogP contribution >= 0.6 is 0 Å². The summed E-state index contributed by atoms with van der Waals surface area (Å²) in [4.78, 5) is 12.6. The van der Waals surface area contributed by atoms with Crippen LogP contribution in [0.5, 0.6) is 0 Å². The van der Waals surface area contributed by atoms with Gasteiger partial charge in [0.1, 0.15) is 0 Å². The van der Waals surface area contributed by atoms with Crippen molar-refractivity contribution in [1.29, 1.82) is 0 Å². The van der Waals surface area contributed by atoms with E-state index in [2.05, 4.69) is 5.32 Å². The van der Waals surface area contributed by atoms with Crippen molar-refractivity contribution in [3.63, 3.8) is 0 Å². The van der Waals surface area contributed by atoms with Crippen molar-refractivity contribution in [3.05, 3.63) is 42.0 Å². The van der Waals surface area contributed by atoms with Gasteiger partial charge in [-0.15, -0.1) is 0 Å². The largest absolute Gasteiger partial charge is 0.495 e. The minimum absolute atomic E-state index is 0.104. The Morgan fingerprint density at radius 1 is 1.04 bits per heavy atom. The van der Waals surface area contributed by atoms with E-state index >= 15 is 0 Å². The van der Waals surface area contributed by atoms with E-state index < -0.39 is 18.3 Å². The lowest BCUT2D eigenvalue weighted by atomic mass is 9.74. The maximum atomic E-state index is 12.6. The van der Waals surface area contributed by atoms with E-state index in [1.165, 1.54) is 0 Å². The lowest BCUT2D eigenvalue weighted by Gasteiger charge is -2.32. The zero-order chi connectivity index (χ0) is 17.5. The van der Waals surface area contributed by atoms with Gasteiger partial charge >= 0.3 is 7.12 Å². The van der Waals surface area contributed by atoms with Gasteiger partial charge in [-0.3, -0.25) is 4.79 Å². The van der Waals surface area contributed by atoms with Crippen LogP contribution in [0.2, 0.25) is 0 Å². The molecule has 24 heavy (non-hydrogen) atoms. The standard InChI is InChI=1S/C19H24BNO3/c1-6-21-17(22)15-11-13-9-7-8-10-14(13)12-16(15)20-23-18(2,3)19(4,5)24-20/h7-12H,6H2,1-5H3,(H,21,22). The molecule has 1 heterocycles. The Labute approximate surface area is 143 Å². The zero-order valence-corrected chi connectivity index (χ0v) is 15.0. The van der Waals surface area contributed by atoms with Gasteiger partial charge in [0.05, 0.1) is 11.2 Å². The molecule has 4 nitrogen and oxygen atoms in total. The van der Waals surface area contributed by atoms with Gasteiger partial charge < -0.3 is 14.6 Å². The summed E-state index contributed by atoms with van der Waals surface area (Å²) in [6.07, 6.45) is 0. The van der Waals surface area contributed by atoms with Crippen LogP contribution in [0.4, 0.5) is 0 Å². The number of benzene rings is 2. The third kappa shape index (κ3) is 2.83. The number of amides is 1. The normalized spacial score (nSPS) is 18.8. The first-order valence-electron chi connectivity index (χ1n) is 8.42. The maximum Gasteiger partial charge on any atom is 0.495 e. The number of hydrogen-bond acceptors (Lipinski definition) is 3. The van der Waals surface area contributed by atoms with Crippen LogP contribution in [0.25, 0.3) is 10.8 Å². The second-order valence-electron chi connectivity index (χ2n) is 7.23. The fraction of sp³-hybridized carbons (Fsp3) is 0.421. The minimum atomic E-state index is -0.558. The van der Waals surface area contributed by atoms with Crippen LogP contribution in [0, 0.1) is 0 Å². The van der Waals surface area contributed by atoms with Crippen LogP contribution in [-0.2, 0) is 9.31 Å². The second kappa shape index (κ2) is 5.90. The first-order valence-corrected chi connectivity index (χ1v) is 8.42. The third-order valence-corrected chi connectivity index (χ3v) is 5.01. The average Bonchev–Trinajstić information content (AvgIpc) is 2.74. The Kier molecular flexibility index (Phi) is 4.18. The Balaban J connectivity index is 2.12. The average molecular weight is 325 g/mol. The summed E-state index contributed by atoms with van der Waals surface area (Å²) in [5, 5.41) is 4.97. The Morgan fingerprint density at radius 3 is 2.12 bits per heavy atom. The number of nitrogens with one attached hydrogen (secondary N) is 1. The Hall–Kier alpha value is -1.85. The number of hydrogen-bond donors (Lipinski definition) is 1. The van der Waals surface area contributed by atoms with Crippen molar-refractivity contribution in [1.82, 2.24) is 5.32 Å². The highest BCUT2D eigenvalue weighted by Gasteiger charge is 2.52. The molecule has 2 aromatic carbocycles. The molecule has 0 atom stereocenters. The third-order valence-electron chi connectivity index (χ3n) is 5.01. The SMILES string of the molecule is CCNC(=O)c1cc2ccccc2cc1B1OC(C)(C)C(C)(C)O1. The summed E-state index contributed by atoms with van der Waals surface area (Å²) in [6, 6.07) is 11.9. The fourth-order valence-corrected chi connectivity index (χ4v) is 2.88. The highest BCUT2D eigenvalue weighted by atomic mass is 16.7. The van der Waals surface area contributed by atoms with E-state index in [1.54, 1.807) is 0 Å². The van der Waals surface area contributed by atoms with E-state index in [0.717, 1.165) is 16.2 Å². The van der Waals surface area contributed by atoms with E-state index in [4.69, 9.17) is 9.31 Å². The molecule has 126 valence electrons. The molecule has 0 aliphatic carbocycles. The van der Waals surface area contributed by atoms with E-state index in [1.807, 2.05) is 71.0 Å². The van der Waals surface area contributed by atoms with Crippen molar-refractivity contribution >= 4 is 29.3 Å². The molecular formula is C19H24BNO3. The van der Waals surface area contributed by atoms with Gasteiger partial charge in [0.25, 0.3) is 5.91 Å². The van der Waals surface area contributed by atoms with Crippen LogP contribution < -0.4 is 10.8 Å². The molecule has 0 spiro atoms. The molecule has 1 fully saturated rings. The van der Waals surface area contributed by atoms with Crippen molar-refractivity contribution < 1.29 is 14.1 Å². The molecule has 1 saturated heterocycles. The monoisotopic (exact) mass is 325 g/mol. The molecule has 0 unspecified atom stereocenters. The van der Waals surface area contributed by atoms with Crippen molar-refractivity contribution in [2.45, 2.75) is 45.8 Å². The van der Waals surface area contributed by atoms with Gasteiger partial charge in [-0.2, -0.15) is 0 Å². The van der Waals surface area contributed by atoms with Gasteiger partial charge in [-0.05, 0) is 56.9 Å². The Morgan fingerprint density at radius 2 is 1.58 bits per heavy atom. The van der Waals surface area contributed by atoms with Crippen LogP contribution in [0.3, 0.4) is 0 Å². The molecule has 0 radical (unpaired) electrons. The van der Waals surface area contributed by atoms with Crippen molar-refractivity contribution in [2.75, 3.05) is 6.54 Å². The second-order valence-corrected chi connectivity index (χ2v) is 7.23. The fourth-order valence-electron chi connectivity index (χ4n) is 2.88. The minimum Gasteiger partial charge on any atom is -0.399 e. The first-order chi connectivity index (χ1) is 11.2. The van der Waals surface area contributed by atoms with Crippen LogP contribution in [0.15, 0.2) is 36.4 Å². The zero-order valence-electron chi connectivity index (χ0n) is 15.0. The number of fused-ring (bicyclic) bond motifs is 1. The first kappa shape index (κ1) is 17.0. The lowest BCUT2D eigenvalue weighted by Crippen LogP contribution is -2.41. The molecule has 5 heteroatoms. The molecule has 1 aliphatic heterocycles. The summed E-state index contributed by atoms with van der Waals surface area (Å²) < 4.78 is 12.3. The predicted octanol–water partition coefficient (Wildman–Crippen LogP) is 2.89. The van der Waals surface area contributed by atoms with Gasteiger partial charge in [-0.1, -0.05) is 30.3 Å². The summed E-state index contributed by atoms with van der Waals surface area (Å²) in [5.74, 6) is -0.104. The smallest absolute Gasteiger partial charge is 0.399 e. The number of carbonyl (C=O) groups excluding carboxylic acids is 1. The predicted molar refractivity (Wildman–Crippen MR) is 97.7 cm³/mol. The molecule has 1 N–H and O–H groups in total. The quantitative estimate of drug-likeness (QED) is 0.883. The number of carbonyl (C=O) groups is 1. The molecule has 0 saturated carbocycles. The molecule has 0 bridgehead atoms. The van der Waals surface area contributed by atoms with E-state index in [9.17, 15) is 4.79 Å². The molecule has 0 aromatic heterocycles. The number of rotatable bonds is 3. The molecule has 1 aliphatic rings. The van der Waals surface area contributed by atoms with Crippen molar-refractivity contribution in [2.24, 2.45) is 0 Å². The Bertz CT molecular complexity index is 769. The molecule has 3 rings (SSSR count). The van der Waals surface area contributed by atoms with Crippen molar-refractivity contribution in [3.8, 4) is 0 Å². The van der Waals surface area contributed by atoms with Crippen LogP contribution in [-0.4, -0.2) is 30.8 Å². The lowest BCUT2D eigenvalue weighted by molar-refractivity contribution is 0.00578.